The number of amidine groups is 1. The summed E-state index contributed by atoms with van der Waals surface area (Å²) in [6, 6.07) is 31.1. The lowest BCUT2D eigenvalue weighted by Crippen LogP contribution is -2.28. The van der Waals surface area contributed by atoms with Gasteiger partial charge in [0.25, 0.3) is 5.91 Å². The van der Waals surface area contributed by atoms with Crippen LogP contribution in [0.3, 0.4) is 0 Å². The lowest BCUT2D eigenvalue weighted by atomic mass is 10.2. The Labute approximate surface area is 244 Å². The van der Waals surface area contributed by atoms with Crippen molar-refractivity contribution in [2.24, 2.45) is 4.99 Å². The number of rotatable bonds is 6. The third-order valence-corrected chi connectivity index (χ3v) is 8.09. The summed E-state index contributed by atoms with van der Waals surface area (Å²) in [4.78, 5) is 20.5. The Hall–Kier alpha value is -2.65. The van der Waals surface area contributed by atoms with E-state index >= 15 is 0 Å². The monoisotopic (exact) mass is 696 g/mol. The summed E-state index contributed by atoms with van der Waals surface area (Å²) in [5, 5.41) is 0.612. The number of hydrogen-bond donors (Lipinski definition) is 0. The highest BCUT2D eigenvalue weighted by atomic mass is 79.9. The second-order valence-electron chi connectivity index (χ2n) is 8.05. The number of anilines is 1. The van der Waals surface area contributed by atoms with Crippen LogP contribution in [-0.4, -0.2) is 11.1 Å². The van der Waals surface area contributed by atoms with Crippen molar-refractivity contribution < 1.29 is 9.53 Å². The Morgan fingerprint density at radius 2 is 1.46 bits per heavy atom. The number of amides is 1. The number of halogens is 3. The Kier molecular flexibility index (Phi) is 8.30. The Morgan fingerprint density at radius 1 is 0.838 bits per heavy atom. The molecule has 0 spiro atoms. The van der Waals surface area contributed by atoms with Gasteiger partial charge in [-0.3, -0.25) is 9.69 Å². The number of hydrogen-bond acceptors (Lipinski definition) is 4. The molecule has 0 radical (unpaired) electrons. The van der Waals surface area contributed by atoms with Crippen LogP contribution in [0.2, 0.25) is 0 Å². The average Bonchev–Trinajstić information content (AvgIpc) is 3.19. The molecule has 1 saturated heterocycles. The van der Waals surface area contributed by atoms with E-state index in [2.05, 4.69) is 47.8 Å². The van der Waals surface area contributed by atoms with Crippen molar-refractivity contribution in [1.82, 2.24) is 0 Å². The molecule has 37 heavy (non-hydrogen) atoms. The number of carbonyl (C=O) groups is 1. The van der Waals surface area contributed by atoms with Crippen molar-refractivity contribution in [3.05, 3.63) is 127 Å². The zero-order valence-electron chi connectivity index (χ0n) is 19.3. The predicted molar refractivity (Wildman–Crippen MR) is 163 cm³/mol. The fourth-order valence-electron chi connectivity index (χ4n) is 3.65. The topological polar surface area (TPSA) is 41.9 Å². The highest BCUT2D eigenvalue weighted by Gasteiger charge is 2.34. The molecule has 1 heterocycles. The van der Waals surface area contributed by atoms with E-state index in [0.717, 1.165) is 35.9 Å². The number of aliphatic imine (C=N–C) groups is 1. The van der Waals surface area contributed by atoms with E-state index in [4.69, 9.17) is 9.73 Å². The van der Waals surface area contributed by atoms with Gasteiger partial charge in [-0.05, 0) is 109 Å². The van der Waals surface area contributed by atoms with Crippen molar-refractivity contribution in [2.45, 2.75) is 6.61 Å². The molecule has 4 nitrogen and oxygen atoms in total. The van der Waals surface area contributed by atoms with E-state index in [1.54, 1.807) is 4.90 Å². The highest BCUT2D eigenvalue weighted by Crippen LogP contribution is 2.40. The third-order valence-electron chi connectivity index (χ3n) is 5.42. The van der Waals surface area contributed by atoms with Crippen LogP contribution in [0.25, 0.3) is 6.08 Å². The highest BCUT2D eigenvalue weighted by molar-refractivity contribution is 9.11. The van der Waals surface area contributed by atoms with Crippen LogP contribution in [0.1, 0.15) is 11.1 Å². The number of nitrogens with zero attached hydrogens (tertiary/aromatic N) is 2. The van der Waals surface area contributed by atoms with Crippen molar-refractivity contribution in [1.29, 1.82) is 0 Å². The largest absolute Gasteiger partial charge is 0.487 e. The molecule has 8 heteroatoms. The molecule has 0 saturated carbocycles. The van der Waals surface area contributed by atoms with Gasteiger partial charge >= 0.3 is 0 Å². The maximum absolute atomic E-state index is 13.5. The van der Waals surface area contributed by atoms with E-state index in [-0.39, 0.29) is 5.91 Å². The van der Waals surface area contributed by atoms with E-state index in [0.29, 0.717) is 22.4 Å². The van der Waals surface area contributed by atoms with Gasteiger partial charge in [-0.25, -0.2) is 4.99 Å². The second kappa shape index (κ2) is 11.8. The third kappa shape index (κ3) is 6.26. The van der Waals surface area contributed by atoms with Gasteiger partial charge in [0.1, 0.15) is 12.4 Å². The molecule has 1 amide bonds. The average molecular weight is 699 g/mol. The van der Waals surface area contributed by atoms with Crippen molar-refractivity contribution in [3.63, 3.8) is 0 Å². The van der Waals surface area contributed by atoms with Crippen LogP contribution in [0, 0.1) is 0 Å². The van der Waals surface area contributed by atoms with Gasteiger partial charge in [-0.1, -0.05) is 64.5 Å². The number of ether oxygens (including phenoxy) is 1. The zero-order chi connectivity index (χ0) is 25.8. The molecule has 1 fully saturated rings. The van der Waals surface area contributed by atoms with Gasteiger partial charge < -0.3 is 4.74 Å². The second-order valence-corrected chi connectivity index (χ2v) is 11.7. The van der Waals surface area contributed by atoms with E-state index in [9.17, 15) is 4.79 Å². The lowest BCUT2D eigenvalue weighted by molar-refractivity contribution is -0.113. The minimum atomic E-state index is -0.117. The molecule has 0 bridgehead atoms. The maximum Gasteiger partial charge on any atom is 0.271 e. The molecule has 0 unspecified atom stereocenters. The number of para-hydroxylation sites is 2. The summed E-state index contributed by atoms with van der Waals surface area (Å²) in [7, 11) is 0. The first-order chi connectivity index (χ1) is 18.0. The number of carbonyl (C=O) groups excluding carboxylic acids is 1. The normalized spacial score (nSPS) is 15.5. The fraction of sp³-hybridized carbons (Fsp3) is 0.0345. The van der Waals surface area contributed by atoms with Crippen LogP contribution < -0.4 is 9.64 Å². The Balaban J connectivity index is 1.43. The predicted octanol–water partition coefficient (Wildman–Crippen LogP) is 9.36. The van der Waals surface area contributed by atoms with Crippen molar-refractivity contribution in [2.75, 3.05) is 4.90 Å². The summed E-state index contributed by atoms with van der Waals surface area (Å²) in [6.45, 7) is 0.435. The molecule has 1 aliphatic heterocycles. The summed E-state index contributed by atoms with van der Waals surface area (Å²) in [5.41, 5.74) is 3.49. The van der Waals surface area contributed by atoms with Crippen LogP contribution in [-0.2, 0) is 11.4 Å². The first kappa shape index (κ1) is 26.0. The Morgan fingerprint density at radius 3 is 2.11 bits per heavy atom. The minimum Gasteiger partial charge on any atom is -0.487 e. The molecule has 4 aromatic carbocycles. The van der Waals surface area contributed by atoms with E-state index in [1.165, 1.54) is 11.8 Å². The minimum absolute atomic E-state index is 0.117. The van der Waals surface area contributed by atoms with Crippen molar-refractivity contribution >= 4 is 88.1 Å². The molecule has 184 valence electrons. The summed E-state index contributed by atoms with van der Waals surface area (Å²) >= 11 is 12.1. The smallest absolute Gasteiger partial charge is 0.271 e. The van der Waals surface area contributed by atoms with Gasteiger partial charge in [0, 0.05) is 4.47 Å². The Bertz CT molecular complexity index is 1470. The van der Waals surface area contributed by atoms with Crippen LogP contribution in [0.5, 0.6) is 5.75 Å². The van der Waals surface area contributed by atoms with E-state index in [1.807, 2.05) is 103 Å². The van der Waals surface area contributed by atoms with E-state index < -0.39 is 0 Å². The maximum atomic E-state index is 13.5. The van der Waals surface area contributed by atoms with Gasteiger partial charge in [0.2, 0.25) is 0 Å². The summed E-state index contributed by atoms with van der Waals surface area (Å²) < 4.78 is 8.68. The molecular formula is C29H19Br3N2O2S. The first-order valence-corrected chi connectivity index (χ1v) is 14.5. The molecular weight excluding hydrogens is 680 g/mol. The van der Waals surface area contributed by atoms with Crippen molar-refractivity contribution in [3.8, 4) is 5.75 Å². The summed E-state index contributed by atoms with van der Waals surface area (Å²) in [5.74, 6) is 0.585. The quantitative estimate of drug-likeness (QED) is 0.189. The molecule has 1 aliphatic rings. The molecule has 0 aromatic heterocycles. The van der Waals surface area contributed by atoms with Gasteiger partial charge in [0.05, 0.1) is 25.2 Å². The van der Waals surface area contributed by atoms with Gasteiger partial charge in [0.15, 0.2) is 5.17 Å². The van der Waals surface area contributed by atoms with Crippen LogP contribution >= 0.6 is 59.6 Å². The fourth-order valence-corrected chi connectivity index (χ4v) is 6.37. The molecule has 4 aromatic rings. The first-order valence-electron chi connectivity index (χ1n) is 11.3. The standard InChI is InChI=1S/C29H19Br3N2O2S/c30-21-13-11-19(12-14-21)18-36-27-24(31)15-20(16-25(27)32)17-26-28(35)34(23-9-5-2-6-10-23)29(37-26)33-22-7-3-1-4-8-22/h1-17H,18H2/b26-17+,33-29?. The van der Waals surface area contributed by atoms with Crippen LogP contribution in [0.4, 0.5) is 11.4 Å². The molecule has 5 rings (SSSR count). The molecule has 0 atom stereocenters. The number of benzene rings is 4. The number of thioether (sulfide) groups is 1. The van der Waals surface area contributed by atoms with Crippen LogP contribution in [0.15, 0.2) is 120 Å². The zero-order valence-corrected chi connectivity index (χ0v) is 24.8. The van der Waals surface area contributed by atoms with Gasteiger partial charge in [-0.15, -0.1) is 0 Å². The molecule has 0 N–H and O–H groups in total. The molecule has 0 aliphatic carbocycles. The van der Waals surface area contributed by atoms with Gasteiger partial charge in [-0.2, -0.15) is 0 Å². The lowest BCUT2D eigenvalue weighted by Gasteiger charge is -2.15. The SMILES string of the molecule is O=C1/C(=C\c2cc(Br)c(OCc3ccc(Br)cc3)c(Br)c2)SC(=Nc2ccccc2)N1c1ccccc1. The summed E-state index contributed by atoms with van der Waals surface area (Å²) in [6.07, 6.45) is 1.88.